The van der Waals surface area contributed by atoms with Gasteiger partial charge < -0.3 is 10.6 Å². The molecule has 0 aliphatic rings. The third-order valence-corrected chi connectivity index (χ3v) is 2.19. The van der Waals surface area contributed by atoms with E-state index < -0.39 is 11.9 Å². The molecule has 0 aliphatic heterocycles. The number of rotatable bonds is 4. The van der Waals surface area contributed by atoms with Gasteiger partial charge in [0.2, 0.25) is 11.8 Å². The highest BCUT2D eigenvalue weighted by atomic mass is 16.2. The van der Waals surface area contributed by atoms with Crippen LogP contribution < -0.4 is 10.6 Å². The van der Waals surface area contributed by atoms with Crippen LogP contribution in [0.1, 0.15) is 13.8 Å². The maximum Gasteiger partial charge on any atom is 0.247 e. The predicted octanol–water partition coefficient (Wildman–Crippen LogP) is 0.872. The molecule has 1 atom stereocenters. The van der Waals surface area contributed by atoms with E-state index in [2.05, 4.69) is 15.6 Å². The van der Waals surface area contributed by atoms with Crippen LogP contribution in [-0.4, -0.2) is 22.8 Å². The average molecular weight is 233 g/mol. The lowest BCUT2D eigenvalue weighted by Crippen LogP contribution is -2.46. The van der Waals surface area contributed by atoms with Gasteiger partial charge in [-0.15, -0.1) is 0 Å². The largest absolute Gasteiger partial charge is 0.344 e. The van der Waals surface area contributed by atoms with Crippen molar-refractivity contribution in [2.75, 3.05) is 5.32 Å². The summed E-state index contributed by atoms with van der Waals surface area (Å²) in [4.78, 5) is 26.5. The Labute approximate surface area is 101 Å². The quantitative estimate of drug-likeness (QED) is 0.810. The van der Waals surface area contributed by atoms with E-state index in [0.29, 0.717) is 5.69 Å². The number of nitrogens with one attached hydrogen (secondary N) is 2. The summed E-state index contributed by atoms with van der Waals surface area (Å²) >= 11 is 0. The average Bonchev–Trinajstić information content (AvgIpc) is 2.26. The molecule has 17 heavy (non-hydrogen) atoms. The standard InChI is InChI=1S/C12H15N3O2/c1-8(2)11(14-9(3)16)12(17)15-10-4-6-13-7-5-10/h3-8,11H,1-2H3,(H,14,16)(H,13,15,17). The Hall–Kier alpha value is -1.91. The van der Waals surface area contributed by atoms with Gasteiger partial charge in [-0.2, -0.15) is 0 Å². The molecule has 1 unspecified atom stereocenters. The van der Waals surface area contributed by atoms with Crippen LogP contribution in [0, 0.1) is 12.8 Å². The third-order valence-electron chi connectivity index (χ3n) is 2.19. The van der Waals surface area contributed by atoms with Crippen LogP contribution in [0.5, 0.6) is 0 Å². The van der Waals surface area contributed by atoms with E-state index in [9.17, 15) is 9.59 Å². The van der Waals surface area contributed by atoms with Crippen molar-refractivity contribution in [3.05, 3.63) is 31.5 Å². The molecule has 5 nitrogen and oxygen atoms in total. The van der Waals surface area contributed by atoms with E-state index >= 15 is 0 Å². The summed E-state index contributed by atoms with van der Waals surface area (Å²) in [7, 11) is 0. The molecule has 0 bridgehead atoms. The topological polar surface area (TPSA) is 71.1 Å². The number of carbonyl (C=O) groups is 2. The fourth-order valence-electron chi connectivity index (χ4n) is 1.34. The number of anilines is 1. The molecular formula is C12H15N3O2. The molecule has 2 radical (unpaired) electrons. The molecule has 1 aromatic heterocycles. The molecule has 0 aromatic carbocycles. The van der Waals surface area contributed by atoms with Gasteiger partial charge in [0, 0.05) is 18.1 Å². The van der Waals surface area contributed by atoms with E-state index in [1.165, 1.54) is 0 Å². The van der Waals surface area contributed by atoms with E-state index in [1.807, 2.05) is 13.8 Å². The fourth-order valence-corrected chi connectivity index (χ4v) is 1.34. The molecule has 2 N–H and O–H groups in total. The lowest BCUT2D eigenvalue weighted by atomic mass is 10.0. The Balaban J connectivity index is 2.69. The fraction of sp³-hybridized carbons (Fsp3) is 0.333. The minimum atomic E-state index is -0.714. The molecule has 1 rings (SSSR count). The maximum atomic E-state index is 11.9. The minimum Gasteiger partial charge on any atom is -0.344 e. The van der Waals surface area contributed by atoms with Crippen LogP contribution in [0.25, 0.3) is 0 Å². The number of pyridine rings is 1. The maximum absolute atomic E-state index is 11.9. The summed E-state index contributed by atoms with van der Waals surface area (Å²) in [6.07, 6.45) is 3.14. The second kappa shape index (κ2) is 5.98. The molecule has 0 spiro atoms. The highest BCUT2D eigenvalue weighted by Crippen LogP contribution is 2.08. The van der Waals surface area contributed by atoms with Crippen molar-refractivity contribution in [2.24, 2.45) is 5.92 Å². The second-order valence-electron chi connectivity index (χ2n) is 3.96. The Kier molecular flexibility index (Phi) is 4.63. The predicted molar refractivity (Wildman–Crippen MR) is 63.9 cm³/mol. The molecular weight excluding hydrogens is 218 g/mol. The number of hydrogen-bond acceptors (Lipinski definition) is 3. The minimum absolute atomic E-state index is 0.0515. The zero-order valence-corrected chi connectivity index (χ0v) is 9.81. The van der Waals surface area contributed by atoms with Crippen LogP contribution >= 0.6 is 0 Å². The monoisotopic (exact) mass is 233 g/mol. The summed E-state index contributed by atoms with van der Waals surface area (Å²) in [5, 5.41) is 5.09. The summed E-state index contributed by atoms with van der Waals surface area (Å²) < 4.78 is 0. The Morgan fingerprint density at radius 1 is 1.29 bits per heavy atom. The van der Waals surface area contributed by atoms with Crippen LogP contribution in [0.15, 0.2) is 24.5 Å². The number of hydrogen-bond donors (Lipinski definition) is 2. The van der Waals surface area contributed by atoms with E-state index in [4.69, 9.17) is 6.92 Å². The van der Waals surface area contributed by atoms with E-state index in [-0.39, 0.29) is 11.8 Å². The van der Waals surface area contributed by atoms with Crippen LogP contribution in [-0.2, 0) is 9.59 Å². The highest BCUT2D eigenvalue weighted by molar-refractivity contribution is 5.97. The first-order valence-electron chi connectivity index (χ1n) is 5.27. The summed E-state index contributed by atoms with van der Waals surface area (Å²) in [6, 6.07) is 2.68. The Morgan fingerprint density at radius 3 is 2.35 bits per heavy atom. The summed E-state index contributed by atoms with van der Waals surface area (Å²) in [5.41, 5.74) is 0.627. The summed E-state index contributed by atoms with van der Waals surface area (Å²) in [5.74, 6) is -1.07. The van der Waals surface area contributed by atoms with E-state index in [1.54, 1.807) is 24.5 Å². The lowest BCUT2D eigenvalue weighted by molar-refractivity contribution is -0.124. The highest BCUT2D eigenvalue weighted by Gasteiger charge is 2.22. The first-order chi connectivity index (χ1) is 8.00. The molecule has 0 saturated heterocycles. The lowest BCUT2D eigenvalue weighted by Gasteiger charge is -2.20. The zero-order valence-electron chi connectivity index (χ0n) is 9.81. The smallest absolute Gasteiger partial charge is 0.247 e. The first kappa shape index (κ1) is 13.2. The Bertz CT molecular complexity index is 390. The van der Waals surface area contributed by atoms with Crippen molar-refractivity contribution in [2.45, 2.75) is 19.9 Å². The molecule has 0 aliphatic carbocycles. The first-order valence-corrected chi connectivity index (χ1v) is 5.27. The van der Waals surface area contributed by atoms with Crippen molar-refractivity contribution in [1.82, 2.24) is 10.3 Å². The van der Waals surface area contributed by atoms with Gasteiger partial charge in [-0.05, 0) is 18.1 Å². The van der Waals surface area contributed by atoms with Gasteiger partial charge in [0.25, 0.3) is 0 Å². The van der Waals surface area contributed by atoms with Crippen LogP contribution in [0.4, 0.5) is 5.69 Å². The van der Waals surface area contributed by atoms with Crippen molar-refractivity contribution >= 4 is 17.5 Å². The summed E-state index contributed by atoms with van der Waals surface area (Å²) in [6.45, 7) is 8.67. The van der Waals surface area contributed by atoms with Crippen molar-refractivity contribution in [1.29, 1.82) is 0 Å². The van der Waals surface area contributed by atoms with Crippen molar-refractivity contribution in [3.8, 4) is 0 Å². The SMILES string of the molecule is [CH]C(=O)NC(C(=O)Nc1ccncc1)C(C)C. The zero-order chi connectivity index (χ0) is 12.8. The van der Waals surface area contributed by atoms with Gasteiger partial charge in [0.1, 0.15) is 6.04 Å². The van der Waals surface area contributed by atoms with Gasteiger partial charge in [0.15, 0.2) is 0 Å². The molecule has 90 valence electrons. The second-order valence-corrected chi connectivity index (χ2v) is 3.96. The van der Waals surface area contributed by atoms with E-state index in [0.717, 1.165) is 0 Å². The number of aromatic nitrogens is 1. The Morgan fingerprint density at radius 2 is 1.88 bits per heavy atom. The molecule has 1 heterocycles. The van der Waals surface area contributed by atoms with Gasteiger partial charge in [-0.3, -0.25) is 14.6 Å². The van der Waals surface area contributed by atoms with Crippen LogP contribution in [0.2, 0.25) is 0 Å². The van der Waals surface area contributed by atoms with Gasteiger partial charge in [0.05, 0.1) is 6.92 Å². The van der Waals surface area contributed by atoms with Crippen molar-refractivity contribution < 1.29 is 9.59 Å². The molecule has 1 aromatic rings. The molecule has 0 saturated carbocycles. The number of nitrogens with zero attached hydrogens (tertiary/aromatic N) is 1. The van der Waals surface area contributed by atoms with Gasteiger partial charge in [-0.25, -0.2) is 0 Å². The number of carbonyl (C=O) groups excluding carboxylic acids is 2. The normalized spacial score (nSPS) is 12.0. The van der Waals surface area contributed by atoms with Crippen molar-refractivity contribution in [3.63, 3.8) is 0 Å². The third kappa shape index (κ3) is 4.22. The van der Waals surface area contributed by atoms with Gasteiger partial charge in [-0.1, -0.05) is 13.8 Å². The molecule has 5 heteroatoms. The molecule has 0 fully saturated rings. The molecule has 2 amide bonds. The van der Waals surface area contributed by atoms with Gasteiger partial charge >= 0.3 is 0 Å². The number of amides is 2. The van der Waals surface area contributed by atoms with Crippen LogP contribution in [0.3, 0.4) is 0 Å².